The van der Waals surface area contributed by atoms with Crippen LogP contribution < -0.4 is 0 Å². The van der Waals surface area contributed by atoms with Gasteiger partial charge >= 0.3 is 0 Å². The van der Waals surface area contributed by atoms with Gasteiger partial charge in [0.1, 0.15) is 11.5 Å². The molecule has 0 amide bonds. The molecule has 1 atom stereocenters. The number of likely N-dealkylation sites (N-methyl/N-ethyl adjacent to an activating group) is 1. The molecule has 0 aliphatic carbocycles. The number of carbonyl (C=O) groups is 1. The molecule has 1 unspecified atom stereocenters. The van der Waals surface area contributed by atoms with E-state index in [9.17, 15) is 4.79 Å². The summed E-state index contributed by atoms with van der Waals surface area (Å²) in [5, 5.41) is 0. The second-order valence-electron chi connectivity index (χ2n) is 4.38. The minimum absolute atomic E-state index is 0.554. The molecule has 0 aromatic carbocycles. The van der Waals surface area contributed by atoms with Gasteiger partial charge in [0.2, 0.25) is 0 Å². The second kappa shape index (κ2) is 3.77. The lowest BCUT2D eigenvalue weighted by Crippen LogP contribution is -2.35. The molecule has 15 heavy (non-hydrogen) atoms. The normalized spacial score (nSPS) is 20.4. The molecule has 4 nitrogen and oxygen atoms in total. The van der Waals surface area contributed by atoms with Gasteiger partial charge in [0.25, 0.3) is 0 Å². The Balaban J connectivity index is 2.32. The van der Waals surface area contributed by atoms with Crippen LogP contribution in [0.4, 0.5) is 0 Å². The van der Waals surface area contributed by atoms with Crippen LogP contribution in [0.3, 0.4) is 0 Å². The molecular weight excluding hydrogens is 190 g/mol. The predicted molar refractivity (Wildman–Crippen MR) is 58.1 cm³/mol. The quantitative estimate of drug-likeness (QED) is 0.676. The van der Waals surface area contributed by atoms with Crippen molar-refractivity contribution >= 4 is 6.29 Å². The highest BCUT2D eigenvalue weighted by Gasteiger charge is 2.24. The van der Waals surface area contributed by atoms with Gasteiger partial charge in [-0.05, 0) is 27.4 Å². The van der Waals surface area contributed by atoms with Crippen molar-refractivity contribution < 1.29 is 4.79 Å². The summed E-state index contributed by atoms with van der Waals surface area (Å²) in [6, 6.07) is 0.554. The fraction of sp³-hybridized carbons (Fsp3) is 0.636. The van der Waals surface area contributed by atoms with Crippen molar-refractivity contribution in [1.29, 1.82) is 0 Å². The number of hydrogen-bond donors (Lipinski definition) is 0. The zero-order chi connectivity index (χ0) is 11.0. The summed E-state index contributed by atoms with van der Waals surface area (Å²) in [6.07, 6.45) is 2.96. The zero-order valence-corrected chi connectivity index (χ0v) is 9.53. The Morgan fingerprint density at radius 3 is 2.87 bits per heavy atom. The lowest BCUT2D eigenvalue weighted by molar-refractivity contribution is 0.111. The number of aromatic nitrogens is 2. The standard InChI is InChI=1S/C11H17N3O/c1-8-10(7-15)14-5-4-9(13(2)3)6-11(14)12-8/h7,9H,4-6H2,1-3H3. The molecule has 2 heterocycles. The van der Waals surface area contributed by atoms with Gasteiger partial charge in [-0.15, -0.1) is 0 Å². The van der Waals surface area contributed by atoms with Gasteiger partial charge in [-0.2, -0.15) is 0 Å². The van der Waals surface area contributed by atoms with Gasteiger partial charge in [-0.25, -0.2) is 4.98 Å². The van der Waals surface area contributed by atoms with Crippen LogP contribution in [0.15, 0.2) is 0 Å². The maximum absolute atomic E-state index is 10.9. The fourth-order valence-electron chi connectivity index (χ4n) is 2.23. The highest BCUT2D eigenvalue weighted by atomic mass is 16.1. The van der Waals surface area contributed by atoms with Gasteiger partial charge in [-0.1, -0.05) is 0 Å². The summed E-state index contributed by atoms with van der Waals surface area (Å²) in [6.45, 7) is 2.81. The van der Waals surface area contributed by atoms with E-state index in [4.69, 9.17) is 0 Å². The SMILES string of the molecule is Cc1nc2n(c1C=O)CCC(N(C)C)C2. The molecule has 0 bridgehead atoms. The smallest absolute Gasteiger partial charge is 0.168 e. The van der Waals surface area contributed by atoms with Crippen LogP contribution in [-0.2, 0) is 13.0 Å². The second-order valence-corrected chi connectivity index (χ2v) is 4.38. The van der Waals surface area contributed by atoms with E-state index in [2.05, 4.69) is 28.5 Å². The molecule has 0 saturated heterocycles. The first-order valence-electron chi connectivity index (χ1n) is 5.31. The molecule has 0 radical (unpaired) electrons. The van der Waals surface area contributed by atoms with Crippen LogP contribution in [0.5, 0.6) is 0 Å². The van der Waals surface area contributed by atoms with Gasteiger partial charge in [0.15, 0.2) is 6.29 Å². The third-order valence-corrected chi connectivity index (χ3v) is 3.22. The predicted octanol–water partition coefficient (Wildman–Crippen LogP) is 0.880. The Labute approximate surface area is 89.9 Å². The van der Waals surface area contributed by atoms with Gasteiger partial charge in [-0.3, -0.25) is 4.79 Å². The molecule has 2 rings (SSSR count). The minimum atomic E-state index is 0.554. The summed E-state index contributed by atoms with van der Waals surface area (Å²) in [4.78, 5) is 17.6. The average Bonchev–Trinajstić information content (AvgIpc) is 2.51. The van der Waals surface area contributed by atoms with Crippen LogP contribution in [0, 0.1) is 6.92 Å². The summed E-state index contributed by atoms with van der Waals surface area (Å²) in [5.74, 6) is 1.06. The molecule has 82 valence electrons. The maximum Gasteiger partial charge on any atom is 0.168 e. The number of fused-ring (bicyclic) bond motifs is 1. The zero-order valence-electron chi connectivity index (χ0n) is 9.53. The van der Waals surface area contributed by atoms with Crippen molar-refractivity contribution in [3.63, 3.8) is 0 Å². The van der Waals surface area contributed by atoms with Crippen LogP contribution >= 0.6 is 0 Å². The first-order chi connectivity index (χ1) is 7.13. The largest absolute Gasteiger partial charge is 0.326 e. The Bertz CT molecular complexity index is 381. The Hall–Kier alpha value is -1.16. The number of aryl methyl sites for hydroxylation is 1. The van der Waals surface area contributed by atoms with E-state index in [1.807, 2.05) is 6.92 Å². The van der Waals surface area contributed by atoms with E-state index in [1.165, 1.54) is 0 Å². The van der Waals surface area contributed by atoms with E-state index in [0.29, 0.717) is 6.04 Å². The van der Waals surface area contributed by atoms with Crippen molar-refractivity contribution in [2.45, 2.75) is 32.4 Å². The van der Waals surface area contributed by atoms with Gasteiger partial charge in [0, 0.05) is 19.0 Å². The topological polar surface area (TPSA) is 38.1 Å². The van der Waals surface area contributed by atoms with Crippen molar-refractivity contribution in [3.8, 4) is 0 Å². The number of aldehydes is 1. The number of hydrogen-bond acceptors (Lipinski definition) is 3. The summed E-state index contributed by atoms with van der Waals surface area (Å²) >= 11 is 0. The molecule has 0 saturated carbocycles. The van der Waals surface area contributed by atoms with Gasteiger partial charge in [0.05, 0.1) is 5.69 Å². The van der Waals surface area contributed by atoms with E-state index in [1.54, 1.807) is 0 Å². The summed E-state index contributed by atoms with van der Waals surface area (Å²) in [7, 11) is 4.19. The first kappa shape index (κ1) is 10.4. The molecule has 1 aromatic rings. The van der Waals surface area contributed by atoms with Crippen molar-refractivity contribution in [2.24, 2.45) is 0 Å². The van der Waals surface area contributed by atoms with E-state index < -0.39 is 0 Å². The lowest BCUT2D eigenvalue weighted by atomic mass is 10.1. The lowest BCUT2D eigenvalue weighted by Gasteiger charge is -2.29. The molecule has 0 spiro atoms. The van der Waals surface area contributed by atoms with E-state index >= 15 is 0 Å². The van der Waals surface area contributed by atoms with Gasteiger partial charge < -0.3 is 9.47 Å². The molecular formula is C11H17N3O. The Morgan fingerprint density at radius 1 is 1.53 bits per heavy atom. The van der Waals surface area contributed by atoms with Crippen molar-refractivity contribution in [2.75, 3.05) is 14.1 Å². The fourth-order valence-corrected chi connectivity index (χ4v) is 2.23. The average molecular weight is 207 g/mol. The first-order valence-corrected chi connectivity index (χ1v) is 5.31. The number of imidazole rings is 1. The van der Waals surface area contributed by atoms with Crippen LogP contribution in [0.1, 0.15) is 28.4 Å². The molecule has 1 aliphatic heterocycles. The molecule has 0 fully saturated rings. The van der Waals surface area contributed by atoms with Crippen molar-refractivity contribution in [1.82, 2.24) is 14.5 Å². The molecule has 1 aromatic heterocycles. The van der Waals surface area contributed by atoms with E-state index in [0.717, 1.165) is 42.9 Å². The third-order valence-electron chi connectivity index (χ3n) is 3.22. The Kier molecular flexibility index (Phi) is 2.61. The number of nitrogens with zero attached hydrogens (tertiary/aromatic N) is 3. The molecule has 1 aliphatic rings. The highest BCUT2D eigenvalue weighted by Crippen LogP contribution is 2.20. The number of carbonyl (C=O) groups excluding carboxylic acids is 1. The summed E-state index contributed by atoms with van der Waals surface area (Å²) in [5.41, 5.74) is 1.61. The maximum atomic E-state index is 10.9. The monoisotopic (exact) mass is 207 g/mol. The van der Waals surface area contributed by atoms with Crippen LogP contribution in [0.2, 0.25) is 0 Å². The summed E-state index contributed by atoms with van der Waals surface area (Å²) < 4.78 is 2.06. The van der Waals surface area contributed by atoms with E-state index in [-0.39, 0.29) is 0 Å². The molecule has 4 heteroatoms. The van der Waals surface area contributed by atoms with Crippen LogP contribution in [-0.4, -0.2) is 40.9 Å². The number of rotatable bonds is 2. The molecule has 0 N–H and O–H groups in total. The third kappa shape index (κ3) is 1.69. The minimum Gasteiger partial charge on any atom is -0.326 e. The van der Waals surface area contributed by atoms with Crippen LogP contribution in [0.25, 0.3) is 0 Å². The van der Waals surface area contributed by atoms with Crippen molar-refractivity contribution in [3.05, 3.63) is 17.2 Å². The Morgan fingerprint density at radius 2 is 2.27 bits per heavy atom. The highest BCUT2D eigenvalue weighted by molar-refractivity contribution is 5.74.